The molecule has 3 heterocycles. The second-order valence-electron chi connectivity index (χ2n) is 8.59. The van der Waals surface area contributed by atoms with Crippen molar-refractivity contribution in [3.05, 3.63) is 65.6 Å². The number of carbonyl (C=O) groups excluding carboxylic acids is 1. The Morgan fingerprint density at radius 3 is 2.84 bits per heavy atom. The average molecular weight is 434 g/mol. The van der Waals surface area contributed by atoms with Gasteiger partial charge in [-0.15, -0.1) is 0 Å². The van der Waals surface area contributed by atoms with Crippen LogP contribution in [-0.4, -0.2) is 42.0 Å². The molecule has 1 aromatic heterocycles. The zero-order valence-corrected chi connectivity index (χ0v) is 18.6. The first-order valence-electron chi connectivity index (χ1n) is 11.3. The fraction of sp³-hybridized carbons (Fsp3) is 0.400. The molecule has 6 heteroatoms. The van der Waals surface area contributed by atoms with Gasteiger partial charge in [0.05, 0.1) is 10.2 Å². The molecule has 1 radical (unpaired) electrons. The zero-order chi connectivity index (χ0) is 21.2. The molecule has 161 valence electrons. The van der Waals surface area contributed by atoms with Crippen LogP contribution >= 0.6 is 11.3 Å². The van der Waals surface area contributed by atoms with Crippen LogP contribution in [0.5, 0.6) is 0 Å². The highest BCUT2D eigenvalue weighted by molar-refractivity contribution is 7.22. The summed E-state index contributed by atoms with van der Waals surface area (Å²) in [4.78, 5) is 20.3. The molecule has 0 saturated carbocycles. The molecule has 5 nitrogen and oxygen atoms in total. The zero-order valence-electron chi connectivity index (χ0n) is 17.8. The number of nitrogens with one attached hydrogen (secondary N) is 2. The number of rotatable bonds is 5. The first kappa shape index (κ1) is 20.6. The van der Waals surface area contributed by atoms with Crippen LogP contribution in [0.4, 0.5) is 5.13 Å². The van der Waals surface area contributed by atoms with E-state index in [-0.39, 0.29) is 11.8 Å². The molecule has 1 saturated heterocycles. The number of hydrogen-bond donors (Lipinski definition) is 2. The minimum atomic E-state index is -0.0813. The van der Waals surface area contributed by atoms with Gasteiger partial charge in [-0.2, -0.15) is 0 Å². The maximum Gasteiger partial charge on any atom is 0.257 e. The summed E-state index contributed by atoms with van der Waals surface area (Å²) in [7, 11) is 0. The van der Waals surface area contributed by atoms with Crippen LogP contribution in [0.15, 0.2) is 36.4 Å². The predicted molar refractivity (Wildman–Crippen MR) is 128 cm³/mol. The Morgan fingerprint density at radius 1 is 1.16 bits per heavy atom. The maximum atomic E-state index is 13.2. The number of hydrogen-bond acceptors (Lipinski definition) is 5. The van der Waals surface area contributed by atoms with Crippen molar-refractivity contribution in [1.82, 2.24) is 15.2 Å². The Morgan fingerprint density at radius 2 is 2.00 bits per heavy atom. The Bertz CT molecular complexity index is 1050. The van der Waals surface area contributed by atoms with Gasteiger partial charge in [0.15, 0.2) is 5.13 Å². The summed E-state index contributed by atoms with van der Waals surface area (Å²) in [5, 5.41) is 7.12. The summed E-state index contributed by atoms with van der Waals surface area (Å²) in [5.41, 5.74) is 5.40. The molecule has 0 spiro atoms. The number of aromatic nitrogens is 1. The lowest BCUT2D eigenvalue weighted by molar-refractivity contribution is 0.102. The van der Waals surface area contributed by atoms with Crippen LogP contribution in [0.3, 0.4) is 0 Å². The Hall–Kier alpha value is -2.28. The lowest BCUT2D eigenvalue weighted by Crippen LogP contribution is -2.34. The smallest absolute Gasteiger partial charge is 0.257 e. The summed E-state index contributed by atoms with van der Waals surface area (Å²) in [6.07, 6.45) is 4.87. The highest BCUT2D eigenvalue weighted by Gasteiger charge is 2.24. The monoisotopic (exact) mass is 433 g/mol. The van der Waals surface area contributed by atoms with E-state index >= 15 is 0 Å². The number of para-hydroxylation sites is 1. The molecule has 1 unspecified atom stereocenters. The first-order chi connectivity index (χ1) is 15.2. The van der Waals surface area contributed by atoms with Gasteiger partial charge < -0.3 is 10.2 Å². The number of nitrogens with zero attached hydrogens (tertiary/aromatic N) is 2. The van der Waals surface area contributed by atoms with Crippen LogP contribution in [-0.2, 0) is 13.0 Å². The molecule has 31 heavy (non-hydrogen) atoms. The van der Waals surface area contributed by atoms with E-state index in [2.05, 4.69) is 33.5 Å². The fourth-order valence-corrected chi connectivity index (χ4v) is 5.73. The number of anilines is 1. The van der Waals surface area contributed by atoms with Crippen molar-refractivity contribution < 1.29 is 4.79 Å². The lowest BCUT2D eigenvalue weighted by Gasteiger charge is -2.31. The number of benzene rings is 2. The standard InChI is InChI=1S/C25H29N4OS/c1-17(16-29-13-5-2-6-14-29)18-9-10-20(21-15-26-12-11-19(18)21)24(30)28-25-27-22-7-3-4-8-23(22)31-25/h3-4,7-10,17,26H,1-2,5-6,11-16H2,(H,27,28,30). The maximum absolute atomic E-state index is 13.2. The van der Waals surface area contributed by atoms with Crippen molar-refractivity contribution in [2.24, 2.45) is 0 Å². The molecule has 2 N–H and O–H groups in total. The number of carbonyl (C=O) groups is 1. The van der Waals surface area contributed by atoms with E-state index in [1.807, 2.05) is 30.3 Å². The topological polar surface area (TPSA) is 57.3 Å². The van der Waals surface area contributed by atoms with Gasteiger partial charge in [0.2, 0.25) is 0 Å². The number of amides is 1. The first-order valence-corrected chi connectivity index (χ1v) is 12.1. The predicted octanol–water partition coefficient (Wildman–Crippen LogP) is 4.60. The third-order valence-corrected chi connectivity index (χ3v) is 7.40. The molecule has 1 fully saturated rings. The van der Waals surface area contributed by atoms with Gasteiger partial charge in [0.1, 0.15) is 0 Å². The molecule has 0 aliphatic carbocycles. The van der Waals surface area contributed by atoms with E-state index in [9.17, 15) is 4.79 Å². The van der Waals surface area contributed by atoms with Gasteiger partial charge >= 0.3 is 0 Å². The molecule has 1 atom stereocenters. The molecular weight excluding hydrogens is 404 g/mol. The van der Waals surface area contributed by atoms with Crippen molar-refractivity contribution in [2.45, 2.75) is 38.1 Å². The van der Waals surface area contributed by atoms with E-state index in [0.717, 1.165) is 47.4 Å². The van der Waals surface area contributed by atoms with Gasteiger partial charge in [-0.3, -0.25) is 10.1 Å². The lowest BCUT2D eigenvalue weighted by atomic mass is 9.85. The summed E-state index contributed by atoms with van der Waals surface area (Å²) < 4.78 is 1.08. The molecule has 2 aliphatic rings. The third kappa shape index (κ3) is 4.38. The number of piperidine rings is 1. The van der Waals surface area contributed by atoms with Crippen LogP contribution in [0.25, 0.3) is 10.2 Å². The van der Waals surface area contributed by atoms with E-state index in [4.69, 9.17) is 0 Å². The minimum absolute atomic E-state index is 0.0813. The number of likely N-dealkylation sites (tertiary alicyclic amines) is 1. The molecule has 2 aliphatic heterocycles. The minimum Gasteiger partial charge on any atom is -0.312 e. The van der Waals surface area contributed by atoms with Crippen molar-refractivity contribution in [1.29, 1.82) is 0 Å². The van der Waals surface area contributed by atoms with Gasteiger partial charge in [0.25, 0.3) is 5.91 Å². The van der Waals surface area contributed by atoms with Crippen molar-refractivity contribution in [3.8, 4) is 0 Å². The van der Waals surface area contributed by atoms with Crippen molar-refractivity contribution in [3.63, 3.8) is 0 Å². The second-order valence-corrected chi connectivity index (χ2v) is 9.62. The normalized spacial score (nSPS) is 18.0. The van der Waals surface area contributed by atoms with Crippen molar-refractivity contribution >= 4 is 32.6 Å². The van der Waals surface area contributed by atoms with Gasteiger partial charge in [0, 0.05) is 18.7 Å². The summed E-state index contributed by atoms with van der Waals surface area (Å²) in [6, 6.07) is 12.1. The van der Waals surface area contributed by atoms with Crippen LogP contribution in [0, 0.1) is 6.92 Å². The molecular formula is C25H29N4OS. The quantitative estimate of drug-likeness (QED) is 0.618. The number of fused-ring (bicyclic) bond motifs is 2. The molecule has 1 amide bonds. The molecule has 2 aromatic carbocycles. The van der Waals surface area contributed by atoms with Gasteiger partial charge in [-0.05, 0) is 86.6 Å². The average Bonchev–Trinajstić information content (AvgIpc) is 3.21. The summed E-state index contributed by atoms with van der Waals surface area (Å²) in [5.74, 6) is 0.147. The molecule has 3 aromatic rings. The second kappa shape index (κ2) is 9.07. The summed E-state index contributed by atoms with van der Waals surface area (Å²) in [6.45, 7) is 9.53. The Kier molecular flexibility index (Phi) is 6.03. The van der Waals surface area contributed by atoms with Crippen LogP contribution in [0.1, 0.15) is 52.2 Å². The number of thiazole rings is 1. The largest absolute Gasteiger partial charge is 0.312 e. The molecule has 0 bridgehead atoms. The highest BCUT2D eigenvalue weighted by atomic mass is 32.1. The fourth-order valence-electron chi connectivity index (χ4n) is 4.87. The SMILES string of the molecule is [CH2]C(CN1CCCCC1)c1ccc(C(=O)Nc2nc3ccccc3s2)c2c1CCNC2. The highest BCUT2D eigenvalue weighted by Crippen LogP contribution is 2.31. The van der Waals surface area contributed by atoms with E-state index < -0.39 is 0 Å². The van der Waals surface area contributed by atoms with Gasteiger partial charge in [-0.1, -0.05) is 36.0 Å². The Labute approximate surface area is 187 Å². The van der Waals surface area contributed by atoms with Crippen molar-refractivity contribution in [2.75, 3.05) is 31.5 Å². The summed E-state index contributed by atoms with van der Waals surface area (Å²) >= 11 is 1.51. The van der Waals surface area contributed by atoms with Crippen LogP contribution in [0.2, 0.25) is 0 Å². The van der Waals surface area contributed by atoms with E-state index in [0.29, 0.717) is 5.13 Å². The third-order valence-electron chi connectivity index (χ3n) is 6.45. The molecule has 5 rings (SSSR count). The van der Waals surface area contributed by atoms with Gasteiger partial charge in [-0.25, -0.2) is 4.98 Å². The Balaban J connectivity index is 1.39. The van der Waals surface area contributed by atoms with E-state index in [1.54, 1.807) is 0 Å². The van der Waals surface area contributed by atoms with Crippen LogP contribution < -0.4 is 10.6 Å². The van der Waals surface area contributed by atoms with E-state index in [1.165, 1.54) is 54.8 Å².